The largest absolute Gasteiger partial charge is 2.00 e. The fourth-order valence-corrected chi connectivity index (χ4v) is 20.8. The number of benzene rings is 12. The Labute approximate surface area is 653 Å². The van der Waals surface area contributed by atoms with Crippen molar-refractivity contribution in [1.29, 1.82) is 0 Å². The molecule has 0 bridgehead atoms. The summed E-state index contributed by atoms with van der Waals surface area (Å²) in [5.41, 5.74) is 10.3. The molecule has 12 rings (SSSR count). The standard InChI is InChI=1S/4C18H15P.2C6H13NO2.2BF4.2Pt/c4*1-4-10-16(11-5-1)19(17-12-6-2-7-13-17)18-14-8-3-9-15-18;2*1-4(2)3-5(7)6(8)9;2*2-1(3,4)5;;/h4*1-15H;2*4-5H,3,7H2,1-2H3,(H,8,9);;;;/q;;;;;;2*-1;2*+2/p+2/t;;;;2*5-;;;;/m....00..../s1. The molecule has 0 aliphatic heterocycles. The topological polar surface area (TPSA) is 132 Å². The van der Waals surface area contributed by atoms with Gasteiger partial charge in [0.2, 0.25) is 0 Å². The summed E-state index contributed by atoms with van der Waals surface area (Å²) in [7, 11) is -15.5. The third kappa shape index (κ3) is 37.6. The van der Waals surface area contributed by atoms with Crippen LogP contribution in [-0.4, -0.2) is 38.5 Å². The molecule has 12 aromatic rings. The van der Waals surface area contributed by atoms with Crippen molar-refractivity contribution in [3.05, 3.63) is 364 Å². The SMILES string of the molecule is CC(C)C[C@H](N)C(=O)[O-].CC(C)C[C@H](N)C(=O)[O-].F[B-](F)(F)F.F[B-](F)(F)F.[Pt+2].[Pt+2].c1ccc([PH+](c2ccccc2)c2ccccc2)cc1.c1ccc([PH+](c2ccccc2)c2ccccc2)cc1.c1ccc([PH+](c2ccccc2)c2ccccc2)cc1.c1ccc([PH+](c2ccccc2)c2ccccc2)cc1. The van der Waals surface area contributed by atoms with Gasteiger partial charge in [-0.3, -0.25) is 0 Å². The van der Waals surface area contributed by atoms with Crippen LogP contribution in [0, 0.1) is 11.8 Å². The summed E-state index contributed by atoms with van der Waals surface area (Å²) in [6, 6.07) is 128. The Hall–Kier alpha value is -7.83. The molecule has 2 atom stereocenters. The van der Waals surface area contributed by atoms with Crippen LogP contribution in [0.3, 0.4) is 0 Å². The summed E-state index contributed by atoms with van der Waals surface area (Å²) in [4.78, 5) is 20.0. The molecule has 0 aliphatic rings. The minimum atomic E-state index is -6.00. The molecule has 0 amide bonds. The average Bonchev–Trinajstić information content (AvgIpc) is 0.842. The van der Waals surface area contributed by atoms with Crippen LogP contribution in [0.2, 0.25) is 0 Å². The molecule has 0 saturated carbocycles. The first-order valence-corrected chi connectivity index (χ1v) is 39.7. The normalized spacial score (nSPS) is 11.1. The zero-order valence-corrected chi connectivity index (χ0v) is 67.5. The van der Waals surface area contributed by atoms with E-state index in [9.17, 15) is 54.3 Å². The van der Waals surface area contributed by atoms with Crippen molar-refractivity contribution in [1.82, 2.24) is 0 Å². The Kier molecular flexibility index (Phi) is 44.8. The number of hydrogen-bond donors (Lipinski definition) is 2. The first-order valence-electron chi connectivity index (χ1n) is 33.7. The van der Waals surface area contributed by atoms with Crippen molar-refractivity contribution in [2.45, 2.75) is 52.6 Å². The van der Waals surface area contributed by atoms with Gasteiger partial charge in [-0.05, 0) is 170 Å². The molecule has 6 nitrogen and oxygen atoms in total. The summed E-state index contributed by atoms with van der Waals surface area (Å²) < 4.78 is 78.0. The molecular formula is C84H88B2F8N2O4P4Pt2+4. The second kappa shape index (κ2) is 51.4. The Balaban J connectivity index is 0.000000327. The maximum atomic E-state index is 10.00. The third-order valence-corrected chi connectivity index (χ3v) is 25.7. The molecule has 0 fully saturated rings. The Morgan fingerprint density at radius 1 is 0.255 bits per heavy atom. The van der Waals surface area contributed by atoms with Crippen molar-refractivity contribution in [3.63, 3.8) is 0 Å². The van der Waals surface area contributed by atoms with E-state index in [1.54, 1.807) is 0 Å². The van der Waals surface area contributed by atoms with E-state index >= 15 is 0 Å². The smallest absolute Gasteiger partial charge is 0.548 e. The second-order valence-corrected chi connectivity index (χ2v) is 33.9. The van der Waals surface area contributed by atoms with Gasteiger partial charge in [0.1, 0.15) is 63.7 Å². The van der Waals surface area contributed by atoms with Gasteiger partial charge in [-0.25, -0.2) is 0 Å². The Bertz CT molecular complexity index is 3310. The number of aliphatic carboxylic acids is 2. The number of halogens is 8. The fraction of sp³-hybridized carbons (Fsp3) is 0.119. The first kappa shape index (κ1) is 92.4. The van der Waals surface area contributed by atoms with Gasteiger partial charge in [0.15, 0.2) is 0 Å². The predicted octanol–water partition coefficient (Wildman–Crippen LogP) is 13.5. The number of carboxylic acid groups (broad SMARTS) is 2. The van der Waals surface area contributed by atoms with Gasteiger partial charge in [0, 0.05) is 12.1 Å². The van der Waals surface area contributed by atoms with Crippen molar-refractivity contribution >= 4 is 122 Å². The van der Waals surface area contributed by atoms with E-state index in [1.807, 2.05) is 27.7 Å². The number of carboxylic acids is 2. The molecule has 0 unspecified atom stereocenters. The number of nitrogens with two attached hydrogens (primary N) is 2. The molecule has 12 aromatic carbocycles. The Morgan fingerprint density at radius 3 is 0.396 bits per heavy atom. The zero-order valence-electron chi connectivity index (χ0n) is 59.0. The van der Waals surface area contributed by atoms with Crippen LogP contribution in [0.15, 0.2) is 364 Å². The van der Waals surface area contributed by atoms with E-state index in [-0.39, 0.29) is 42.1 Å². The molecule has 4 N–H and O–H groups in total. The van der Waals surface area contributed by atoms with Crippen LogP contribution in [0.25, 0.3) is 0 Å². The van der Waals surface area contributed by atoms with Crippen LogP contribution in [0.5, 0.6) is 0 Å². The zero-order chi connectivity index (χ0) is 75.5. The predicted molar refractivity (Wildman–Crippen MR) is 431 cm³/mol. The summed E-state index contributed by atoms with van der Waals surface area (Å²) in [6.07, 6.45) is 0.977. The molecule has 106 heavy (non-hydrogen) atoms. The average molecular weight is 1880 g/mol. The monoisotopic (exact) mass is 1880 g/mol. The van der Waals surface area contributed by atoms with Crippen molar-refractivity contribution in [2.24, 2.45) is 23.3 Å². The maximum Gasteiger partial charge on any atom is 2.00 e. The van der Waals surface area contributed by atoms with Crippen LogP contribution >= 0.6 is 31.7 Å². The summed E-state index contributed by atoms with van der Waals surface area (Å²) in [5.74, 6) is -1.69. The quantitative estimate of drug-likeness (QED) is 0.0500. The van der Waals surface area contributed by atoms with E-state index in [4.69, 9.17) is 11.5 Å². The molecular weight excluding hydrogens is 1790 g/mol. The molecule has 0 aromatic heterocycles. The van der Waals surface area contributed by atoms with Crippen LogP contribution in [0.4, 0.5) is 34.5 Å². The van der Waals surface area contributed by atoms with Crippen molar-refractivity contribution in [3.8, 4) is 0 Å². The summed E-state index contributed by atoms with van der Waals surface area (Å²) >= 11 is 0. The van der Waals surface area contributed by atoms with Crippen LogP contribution in [-0.2, 0) is 51.7 Å². The van der Waals surface area contributed by atoms with E-state index in [0.717, 1.165) is 0 Å². The molecule has 0 spiro atoms. The number of carbonyl (C=O) groups excluding carboxylic acids is 2. The molecule has 0 heterocycles. The number of carbonyl (C=O) groups is 2. The van der Waals surface area contributed by atoms with Gasteiger partial charge in [-0.1, -0.05) is 246 Å². The van der Waals surface area contributed by atoms with E-state index in [2.05, 4.69) is 364 Å². The Morgan fingerprint density at radius 2 is 0.340 bits per heavy atom. The summed E-state index contributed by atoms with van der Waals surface area (Å²) in [6.45, 7) is 7.68. The van der Waals surface area contributed by atoms with Gasteiger partial charge in [0.25, 0.3) is 0 Å². The van der Waals surface area contributed by atoms with Gasteiger partial charge in [0.05, 0.1) is 43.6 Å². The number of rotatable bonds is 18. The molecule has 0 radical (unpaired) electrons. The van der Waals surface area contributed by atoms with Gasteiger partial charge in [-0.15, -0.1) is 0 Å². The fourth-order valence-electron chi connectivity index (χ4n) is 10.5. The molecule has 0 saturated heterocycles. The number of hydrogen-bond acceptors (Lipinski definition) is 6. The second-order valence-electron chi connectivity index (χ2n) is 24.0. The van der Waals surface area contributed by atoms with Crippen molar-refractivity contribution in [2.75, 3.05) is 0 Å². The van der Waals surface area contributed by atoms with E-state index < -0.39 is 70.2 Å². The minimum Gasteiger partial charge on any atom is -0.548 e. The van der Waals surface area contributed by atoms with Gasteiger partial charge in [-0.2, -0.15) is 0 Å². The maximum absolute atomic E-state index is 10.00. The molecule has 556 valence electrons. The van der Waals surface area contributed by atoms with Crippen LogP contribution in [0.1, 0.15) is 40.5 Å². The molecule has 0 aliphatic carbocycles. The van der Waals surface area contributed by atoms with E-state index in [0.29, 0.717) is 24.7 Å². The van der Waals surface area contributed by atoms with Gasteiger partial charge >= 0.3 is 56.6 Å². The third-order valence-electron chi connectivity index (χ3n) is 14.8. The van der Waals surface area contributed by atoms with E-state index in [1.165, 1.54) is 63.7 Å². The summed E-state index contributed by atoms with van der Waals surface area (Å²) in [5, 5.41) is 37.2. The minimum absolute atomic E-state index is 0. The molecule has 22 heteroatoms. The van der Waals surface area contributed by atoms with Gasteiger partial charge < -0.3 is 65.8 Å². The van der Waals surface area contributed by atoms with Crippen molar-refractivity contribution < 1.29 is 96.5 Å². The van der Waals surface area contributed by atoms with Crippen LogP contribution < -0.4 is 85.3 Å². The first-order chi connectivity index (χ1) is 49.9.